The Kier molecular flexibility index (Phi) is 4.15. The molecular formula is C16H20F2. The van der Waals surface area contributed by atoms with E-state index in [1.54, 1.807) is 6.92 Å². The van der Waals surface area contributed by atoms with E-state index in [0.717, 1.165) is 19.3 Å². The highest BCUT2D eigenvalue weighted by molar-refractivity contribution is 5.36. The van der Waals surface area contributed by atoms with Crippen LogP contribution < -0.4 is 0 Å². The Morgan fingerprint density at radius 2 is 2.11 bits per heavy atom. The topological polar surface area (TPSA) is 0 Å². The normalized spacial score (nSPS) is 19.2. The summed E-state index contributed by atoms with van der Waals surface area (Å²) >= 11 is 0. The van der Waals surface area contributed by atoms with Crippen molar-refractivity contribution in [3.63, 3.8) is 0 Å². The summed E-state index contributed by atoms with van der Waals surface area (Å²) in [5.74, 6) is 0.0724. The first-order valence-electron chi connectivity index (χ1n) is 6.71. The maximum absolute atomic E-state index is 13.9. The highest BCUT2D eigenvalue weighted by atomic mass is 19.1. The lowest BCUT2D eigenvalue weighted by atomic mass is 9.80. The van der Waals surface area contributed by atoms with Gasteiger partial charge >= 0.3 is 0 Å². The van der Waals surface area contributed by atoms with Crippen LogP contribution in [0.4, 0.5) is 8.78 Å². The first kappa shape index (κ1) is 13.3. The molecular weight excluding hydrogens is 230 g/mol. The summed E-state index contributed by atoms with van der Waals surface area (Å²) in [5, 5.41) is 0. The van der Waals surface area contributed by atoms with Gasteiger partial charge in [0.2, 0.25) is 0 Å². The molecule has 98 valence electrons. The van der Waals surface area contributed by atoms with Crippen molar-refractivity contribution in [2.45, 2.75) is 46.0 Å². The SMILES string of the molecule is C/C=C/CCC1CCc2c(F)c(C)cc(F)c2C1. The molecule has 0 aliphatic heterocycles. The summed E-state index contributed by atoms with van der Waals surface area (Å²) in [6.07, 6.45) is 8.63. The van der Waals surface area contributed by atoms with Crippen molar-refractivity contribution in [3.8, 4) is 0 Å². The quantitative estimate of drug-likeness (QED) is 0.680. The molecule has 0 heterocycles. The van der Waals surface area contributed by atoms with Crippen molar-refractivity contribution in [2.24, 2.45) is 5.92 Å². The van der Waals surface area contributed by atoms with Crippen molar-refractivity contribution < 1.29 is 8.78 Å². The predicted molar refractivity (Wildman–Crippen MR) is 70.7 cm³/mol. The summed E-state index contributed by atoms with van der Waals surface area (Å²) in [5.41, 5.74) is 1.67. The van der Waals surface area contributed by atoms with Crippen LogP contribution in [0.3, 0.4) is 0 Å². The van der Waals surface area contributed by atoms with E-state index < -0.39 is 0 Å². The Hall–Kier alpha value is -1.18. The van der Waals surface area contributed by atoms with Gasteiger partial charge in [-0.1, -0.05) is 12.2 Å². The number of aryl methyl sites for hydroxylation is 1. The Balaban J connectivity index is 2.16. The molecule has 2 heteroatoms. The molecule has 0 bridgehead atoms. The fraction of sp³-hybridized carbons (Fsp3) is 0.500. The molecule has 1 atom stereocenters. The van der Waals surface area contributed by atoms with E-state index in [2.05, 4.69) is 6.08 Å². The molecule has 0 nitrogen and oxygen atoms in total. The number of hydrogen-bond acceptors (Lipinski definition) is 0. The molecule has 2 rings (SSSR count). The third kappa shape index (κ3) is 2.63. The lowest BCUT2D eigenvalue weighted by Crippen LogP contribution is -2.18. The molecule has 1 aliphatic carbocycles. The zero-order valence-corrected chi connectivity index (χ0v) is 11.1. The molecule has 0 saturated heterocycles. The standard InChI is InChI=1S/C16H20F2/c1-3-4-5-6-12-7-8-13-14(10-12)15(17)9-11(2)16(13)18/h3-4,9,12H,5-8,10H2,1-2H3/b4-3+. The van der Waals surface area contributed by atoms with Crippen LogP contribution in [0.1, 0.15) is 42.9 Å². The molecule has 18 heavy (non-hydrogen) atoms. The minimum absolute atomic E-state index is 0.196. The lowest BCUT2D eigenvalue weighted by Gasteiger charge is -2.25. The van der Waals surface area contributed by atoms with E-state index in [1.165, 1.54) is 6.07 Å². The van der Waals surface area contributed by atoms with Crippen LogP contribution in [-0.4, -0.2) is 0 Å². The third-order valence-corrected chi connectivity index (χ3v) is 3.88. The van der Waals surface area contributed by atoms with Gasteiger partial charge in [0.05, 0.1) is 0 Å². The van der Waals surface area contributed by atoms with Gasteiger partial charge in [-0.15, -0.1) is 0 Å². The van der Waals surface area contributed by atoms with Gasteiger partial charge in [0.25, 0.3) is 0 Å². The van der Waals surface area contributed by atoms with Crippen LogP contribution in [0.2, 0.25) is 0 Å². The molecule has 1 unspecified atom stereocenters. The minimum Gasteiger partial charge on any atom is -0.207 e. The van der Waals surface area contributed by atoms with Gasteiger partial charge in [-0.3, -0.25) is 0 Å². The summed E-state index contributed by atoms with van der Waals surface area (Å²) < 4.78 is 27.8. The monoisotopic (exact) mass is 250 g/mol. The van der Waals surface area contributed by atoms with Crippen LogP contribution >= 0.6 is 0 Å². The second-order valence-corrected chi connectivity index (χ2v) is 5.20. The highest BCUT2D eigenvalue weighted by Gasteiger charge is 2.24. The first-order chi connectivity index (χ1) is 8.63. The molecule has 0 radical (unpaired) electrons. The molecule has 0 aromatic heterocycles. The molecule has 0 fully saturated rings. The zero-order chi connectivity index (χ0) is 13.1. The first-order valence-corrected chi connectivity index (χ1v) is 6.71. The number of hydrogen-bond donors (Lipinski definition) is 0. The second kappa shape index (κ2) is 5.64. The van der Waals surface area contributed by atoms with Crippen LogP contribution in [-0.2, 0) is 12.8 Å². The number of allylic oxidation sites excluding steroid dienone is 2. The average Bonchev–Trinajstić information content (AvgIpc) is 2.36. The molecule has 1 aromatic rings. The van der Waals surface area contributed by atoms with Gasteiger partial charge in [-0.2, -0.15) is 0 Å². The molecule has 1 aliphatic rings. The third-order valence-electron chi connectivity index (χ3n) is 3.88. The van der Waals surface area contributed by atoms with Crippen LogP contribution in [0, 0.1) is 24.5 Å². The fourth-order valence-electron chi connectivity index (χ4n) is 2.82. The van der Waals surface area contributed by atoms with Crippen molar-refractivity contribution in [2.75, 3.05) is 0 Å². The van der Waals surface area contributed by atoms with Gasteiger partial charge in [0, 0.05) is 0 Å². The maximum Gasteiger partial charge on any atom is 0.129 e. The van der Waals surface area contributed by atoms with E-state index in [9.17, 15) is 8.78 Å². The maximum atomic E-state index is 13.9. The van der Waals surface area contributed by atoms with Crippen molar-refractivity contribution in [3.05, 3.63) is 46.5 Å². The summed E-state index contributed by atoms with van der Waals surface area (Å²) in [4.78, 5) is 0. The van der Waals surface area contributed by atoms with Gasteiger partial charge in [-0.25, -0.2) is 8.78 Å². The number of rotatable bonds is 3. The highest BCUT2D eigenvalue weighted by Crippen LogP contribution is 2.33. The number of fused-ring (bicyclic) bond motifs is 1. The Morgan fingerprint density at radius 1 is 1.33 bits per heavy atom. The van der Waals surface area contributed by atoms with E-state index in [4.69, 9.17) is 0 Å². The van der Waals surface area contributed by atoms with Gasteiger partial charge in [0.15, 0.2) is 0 Å². The molecule has 0 N–H and O–H groups in total. The van der Waals surface area contributed by atoms with Gasteiger partial charge in [-0.05, 0) is 74.6 Å². The predicted octanol–water partition coefficient (Wildman–Crippen LogP) is 4.73. The second-order valence-electron chi connectivity index (χ2n) is 5.20. The van der Waals surface area contributed by atoms with Crippen molar-refractivity contribution in [1.82, 2.24) is 0 Å². The Labute approximate surface area is 108 Å². The summed E-state index contributed by atoms with van der Waals surface area (Å²) in [6.45, 7) is 3.64. The van der Waals surface area contributed by atoms with Crippen LogP contribution in [0.25, 0.3) is 0 Å². The molecule has 0 spiro atoms. The van der Waals surface area contributed by atoms with E-state index in [1.807, 2.05) is 13.0 Å². The fourth-order valence-corrected chi connectivity index (χ4v) is 2.82. The Morgan fingerprint density at radius 3 is 2.83 bits per heavy atom. The molecule has 1 aromatic carbocycles. The number of benzene rings is 1. The van der Waals surface area contributed by atoms with E-state index in [-0.39, 0.29) is 11.6 Å². The number of halogens is 2. The zero-order valence-electron chi connectivity index (χ0n) is 11.1. The van der Waals surface area contributed by atoms with Crippen molar-refractivity contribution >= 4 is 0 Å². The largest absolute Gasteiger partial charge is 0.207 e. The van der Waals surface area contributed by atoms with Crippen LogP contribution in [0.15, 0.2) is 18.2 Å². The molecule has 0 saturated carbocycles. The molecule has 0 amide bonds. The van der Waals surface area contributed by atoms with Crippen molar-refractivity contribution in [1.29, 1.82) is 0 Å². The van der Waals surface area contributed by atoms with E-state index >= 15 is 0 Å². The summed E-state index contributed by atoms with van der Waals surface area (Å²) in [7, 11) is 0. The summed E-state index contributed by atoms with van der Waals surface area (Å²) in [6, 6.07) is 1.34. The smallest absolute Gasteiger partial charge is 0.129 e. The van der Waals surface area contributed by atoms with Gasteiger partial charge < -0.3 is 0 Å². The van der Waals surface area contributed by atoms with E-state index in [0.29, 0.717) is 35.4 Å². The average molecular weight is 250 g/mol. The lowest BCUT2D eigenvalue weighted by molar-refractivity contribution is 0.407. The minimum atomic E-state index is -0.223. The Bertz CT molecular complexity index is 461. The van der Waals surface area contributed by atoms with Crippen LogP contribution in [0.5, 0.6) is 0 Å². The van der Waals surface area contributed by atoms with Gasteiger partial charge in [0.1, 0.15) is 11.6 Å².